The van der Waals surface area contributed by atoms with Crippen molar-refractivity contribution in [1.29, 1.82) is 0 Å². The van der Waals surface area contributed by atoms with Crippen molar-refractivity contribution in [2.75, 3.05) is 7.05 Å². The molecule has 1 heterocycles. The highest BCUT2D eigenvalue weighted by atomic mass is 127. The largest absolute Gasteiger partial charge is 0.352 e. The Morgan fingerprint density at radius 3 is 2.65 bits per heavy atom. The van der Waals surface area contributed by atoms with Crippen molar-refractivity contribution in [1.82, 2.24) is 15.6 Å². The van der Waals surface area contributed by atoms with Crippen LogP contribution in [0.25, 0.3) is 0 Å². The third kappa shape index (κ3) is 6.76. The fourth-order valence-corrected chi connectivity index (χ4v) is 3.23. The SMILES string of the molecule is CN=C(NCc1cccc(Br)c1)NCc1nc(C(C)C)cs1.I. The summed E-state index contributed by atoms with van der Waals surface area (Å²) in [4.78, 5) is 8.86. The minimum Gasteiger partial charge on any atom is -0.352 e. The predicted octanol–water partition coefficient (Wildman–Crippen LogP) is 4.51. The van der Waals surface area contributed by atoms with Crippen molar-refractivity contribution in [3.8, 4) is 0 Å². The summed E-state index contributed by atoms with van der Waals surface area (Å²) in [6.07, 6.45) is 0. The van der Waals surface area contributed by atoms with Crippen LogP contribution in [0.2, 0.25) is 0 Å². The lowest BCUT2D eigenvalue weighted by Crippen LogP contribution is -2.36. The maximum Gasteiger partial charge on any atom is 0.191 e. The number of aliphatic imine (C=N–C) groups is 1. The zero-order valence-corrected chi connectivity index (χ0v) is 18.2. The number of hydrogen-bond acceptors (Lipinski definition) is 3. The van der Waals surface area contributed by atoms with Crippen molar-refractivity contribution in [2.45, 2.75) is 32.9 Å². The maximum absolute atomic E-state index is 4.61. The summed E-state index contributed by atoms with van der Waals surface area (Å²) in [5.41, 5.74) is 2.35. The lowest BCUT2D eigenvalue weighted by atomic mass is 10.2. The van der Waals surface area contributed by atoms with Crippen LogP contribution in [0.3, 0.4) is 0 Å². The molecule has 0 saturated carbocycles. The molecule has 2 N–H and O–H groups in total. The monoisotopic (exact) mass is 508 g/mol. The van der Waals surface area contributed by atoms with Crippen molar-refractivity contribution in [3.05, 3.63) is 50.4 Å². The molecule has 23 heavy (non-hydrogen) atoms. The second-order valence-electron chi connectivity index (χ2n) is 5.23. The van der Waals surface area contributed by atoms with Gasteiger partial charge in [0.1, 0.15) is 5.01 Å². The number of nitrogens with one attached hydrogen (secondary N) is 2. The standard InChI is InChI=1S/C16H21BrN4S.HI/c1-11(2)14-10-22-15(21-14)9-20-16(18-3)19-8-12-5-4-6-13(17)7-12;/h4-7,10-11H,8-9H2,1-3H3,(H2,18,19,20);1H. The summed E-state index contributed by atoms with van der Waals surface area (Å²) in [7, 11) is 1.78. The van der Waals surface area contributed by atoms with Crippen molar-refractivity contribution < 1.29 is 0 Å². The van der Waals surface area contributed by atoms with Crippen LogP contribution in [-0.4, -0.2) is 18.0 Å². The summed E-state index contributed by atoms with van der Waals surface area (Å²) < 4.78 is 1.08. The Morgan fingerprint density at radius 1 is 1.30 bits per heavy atom. The van der Waals surface area contributed by atoms with E-state index >= 15 is 0 Å². The van der Waals surface area contributed by atoms with E-state index in [0.717, 1.165) is 27.7 Å². The second kappa shape index (κ2) is 10.2. The number of aromatic nitrogens is 1. The first-order valence-electron chi connectivity index (χ1n) is 7.21. The van der Waals surface area contributed by atoms with Gasteiger partial charge in [-0.25, -0.2) is 4.98 Å². The number of rotatable bonds is 5. The highest BCUT2D eigenvalue weighted by Gasteiger charge is 2.06. The van der Waals surface area contributed by atoms with E-state index in [1.165, 1.54) is 5.56 Å². The van der Waals surface area contributed by atoms with E-state index in [-0.39, 0.29) is 24.0 Å². The fraction of sp³-hybridized carbons (Fsp3) is 0.375. The molecule has 0 bridgehead atoms. The number of nitrogens with zero attached hydrogens (tertiary/aromatic N) is 2. The highest BCUT2D eigenvalue weighted by molar-refractivity contribution is 14.0. The molecule has 4 nitrogen and oxygen atoms in total. The lowest BCUT2D eigenvalue weighted by molar-refractivity contribution is 0.785. The number of thiazole rings is 1. The predicted molar refractivity (Wildman–Crippen MR) is 113 cm³/mol. The summed E-state index contributed by atoms with van der Waals surface area (Å²) in [6.45, 7) is 5.74. The van der Waals surface area contributed by atoms with Crippen molar-refractivity contribution in [3.63, 3.8) is 0 Å². The van der Waals surface area contributed by atoms with Crippen molar-refractivity contribution >= 4 is 57.2 Å². The van der Waals surface area contributed by atoms with Crippen LogP contribution in [0.5, 0.6) is 0 Å². The molecule has 1 aromatic heterocycles. The molecule has 2 rings (SSSR count). The van der Waals surface area contributed by atoms with Gasteiger partial charge in [0.2, 0.25) is 0 Å². The van der Waals surface area contributed by atoms with E-state index in [0.29, 0.717) is 12.5 Å². The van der Waals surface area contributed by atoms with Crippen LogP contribution >= 0.6 is 51.2 Å². The molecular formula is C16H22BrIN4S. The summed E-state index contributed by atoms with van der Waals surface area (Å²) in [6, 6.07) is 8.22. The van der Waals surface area contributed by atoms with Crippen LogP contribution in [0.1, 0.15) is 36.0 Å². The summed E-state index contributed by atoms with van der Waals surface area (Å²) in [5, 5.41) is 9.81. The average Bonchev–Trinajstić information content (AvgIpc) is 2.97. The molecule has 1 aromatic carbocycles. The average molecular weight is 509 g/mol. The fourth-order valence-electron chi connectivity index (χ4n) is 1.88. The van der Waals surface area contributed by atoms with Gasteiger partial charge in [-0.3, -0.25) is 4.99 Å². The Balaban J connectivity index is 0.00000264. The molecule has 0 aliphatic carbocycles. The number of halogens is 2. The van der Waals surface area contributed by atoms with Gasteiger partial charge in [0.15, 0.2) is 5.96 Å². The molecule has 0 aliphatic rings. The van der Waals surface area contributed by atoms with E-state index in [4.69, 9.17) is 0 Å². The first-order chi connectivity index (χ1) is 10.6. The van der Waals surface area contributed by atoms with E-state index in [2.05, 4.69) is 67.9 Å². The normalized spacial score (nSPS) is 11.3. The number of benzene rings is 1. The first-order valence-corrected chi connectivity index (χ1v) is 8.89. The van der Waals surface area contributed by atoms with Crippen LogP contribution in [0.4, 0.5) is 0 Å². The van der Waals surface area contributed by atoms with Crippen LogP contribution in [0.15, 0.2) is 39.1 Å². The Labute approximate surface area is 167 Å². The van der Waals surface area contributed by atoms with Crippen LogP contribution in [0, 0.1) is 0 Å². The maximum atomic E-state index is 4.61. The summed E-state index contributed by atoms with van der Waals surface area (Å²) in [5.74, 6) is 1.25. The number of hydrogen-bond donors (Lipinski definition) is 2. The molecule has 0 saturated heterocycles. The topological polar surface area (TPSA) is 49.3 Å². The van der Waals surface area contributed by atoms with E-state index in [1.807, 2.05) is 12.1 Å². The molecule has 0 fully saturated rings. The summed E-state index contributed by atoms with van der Waals surface area (Å²) >= 11 is 5.17. The van der Waals surface area contributed by atoms with Crippen LogP contribution < -0.4 is 10.6 Å². The molecule has 0 amide bonds. The molecule has 0 spiro atoms. The third-order valence-corrected chi connectivity index (χ3v) is 4.50. The van der Waals surface area contributed by atoms with Gasteiger partial charge in [-0.05, 0) is 23.6 Å². The Kier molecular flexibility index (Phi) is 9.08. The van der Waals surface area contributed by atoms with Gasteiger partial charge < -0.3 is 10.6 Å². The molecular weight excluding hydrogens is 487 g/mol. The van der Waals surface area contributed by atoms with E-state index in [9.17, 15) is 0 Å². The smallest absolute Gasteiger partial charge is 0.191 e. The minimum atomic E-state index is 0. The lowest BCUT2D eigenvalue weighted by Gasteiger charge is -2.11. The van der Waals surface area contributed by atoms with Gasteiger partial charge in [0.05, 0.1) is 12.2 Å². The van der Waals surface area contributed by atoms with Crippen LogP contribution in [-0.2, 0) is 13.1 Å². The molecule has 0 atom stereocenters. The van der Waals surface area contributed by atoms with Gasteiger partial charge in [-0.1, -0.05) is 41.9 Å². The van der Waals surface area contributed by atoms with Crippen molar-refractivity contribution in [2.24, 2.45) is 4.99 Å². The van der Waals surface area contributed by atoms with E-state index < -0.39 is 0 Å². The third-order valence-electron chi connectivity index (χ3n) is 3.14. The van der Waals surface area contributed by atoms with Gasteiger partial charge in [0.25, 0.3) is 0 Å². The zero-order chi connectivity index (χ0) is 15.9. The molecule has 126 valence electrons. The molecule has 0 aliphatic heterocycles. The molecule has 0 unspecified atom stereocenters. The Bertz CT molecular complexity index is 643. The molecule has 2 aromatic rings. The number of guanidine groups is 1. The second-order valence-corrected chi connectivity index (χ2v) is 7.09. The van der Waals surface area contributed by atoms with Gasteiger partial charge in [-0.2, -0.15) is 0 Å². The first kappa shape index (κ1) is 20.4. The quantitative estimate of drug-likeness (QED) is 0.355. The Morgan fingerprint density at radius 2 is 2.04 bits per heavy atom. The van der Waals surface area contributed by atoms with Gasteiger partial charge in [0, 0.05) is 23.4 Å². The molecule has 7 heteroatoms. The highest BCUT2D eigenvalue weighted by Crippen LogP contribution is 2.17. The Hall–Kier alpha value is -0.670. The minimum absolute atomic E-state index is 0. The van der Waals surface area contributed by atoms with Gasteiger partial charge >= 0.3 is 0 Å². The van der Waals surface area contributed by atoms with Gasteiger partial charge in [-0.15, -0.1) is 35.3 Å². The van der Waals surface area contributed by atoms with E-state index in [1.54, 1.807) is 18.4 Å². The molecule has 0 radical (unpaired) electrons. The zero-order valence-electron chi connectivity index (χ0n) is 13.5.